The van der Waals surface area contributed by atoms with Crippen molar-refractivity contribution in [2.24, 2.45) is 0 Å². The Morgan fingerprint density at radius 2 is 1.55 bits per heavy atom. The van der Waals surface area contributed by atoms with Gasteiger partial charge in [-0.2, -0.15) is 4.31 Å². The number of rotatable bonds is 7. The number of anilines is 1. The van der Waals surface area contributed by atoms with Gasteiger partial charge in [-0.3, -0.25) is 4.79 Å². The standard InChI is InChI=1S/C22H21FN2O3S/c1-17-7-5-6-10-21(17)24-22(26)16-25(15-18-8-3-2-4-9-18)29(27,28)20-13-11-19(23)12-14-20/h2-14H,15-16H2,1H3,(H,24,26). The average molecular weight is 412 g/mol. The fraction of sp³-hybridized carbons (Fsp3) is 0.136. The minimum Gasteiger partial charge on any atom is -0.325 e. The van der Waals surface area contributed by atoms with E-state index < -0.39 is 21.7 Å². The molecule has 0 bridgehead atoms. The Kier molecular flexibility index (Phi) is 6.41. The first kappa shape index (κ1) is 20.7. The van der Waals surface area contributed by atoms with Crippen LogP contribution in [0.2, 0.25) is 0 Å². The van der Waals surface area contributed by atoms with E-state index in [9.17, 15) is 17.6 Å². The molecule has 1 amide bonds. The van der Waals surface area contributed by atoms with Crippen molar-refractivity contribution in [3.05, 3.63) is 95.8 Å². The smallest absolute Gasteiger partial charge is 0.243 e. The number of amides is 1. The molecule has 5 nitrogen and oxygen atoms in total. The van der Waals surface area contributed by atoms with Gasteiger partial charge in [0.15, 0.2) is 0 Å². The van der Waals surface area contributed by atoms with E-state index in [4.69, 9.17) is 0 Å². The number of carbonyl (C=O) groups is 1. The summed E-state index contributed by atoms with van der Waals surface area (Å²) in [4.78, 5) is 12.5. The second kappa shape index (κ2) is 8.98. The van der Waals surface area contributed by atoms with Crippen molar-refractivity contribution >= 4 is 21.6 Å². The van der Waals surface area contributed by atoms with Gasteiger partial charge in [0, 0.05) is 12.2 Å². The van der Waals surface area contributed by atoms with Crippen LogP contribution >= 0.6 is 0 Å². The number of nitrogens with zero attached hydrogens (tertiary/aromatic N) is 1. The van der Waals surface area contributed by atoms with E-state index in [1.807, 2.05) is 25.1 Å². The molecule has 3 aromatic carbocycles. The monoisotopic (exact) mass is 412 g/mol. The lowest BCUT2D eigenvalue weighted by molar-refractivity contribution is -0.116. The number of sulfonamides is 1. The number of carbonyl (C=O) groups excluding carboxylic acids is 1. The van der Waals surface area contributed by atoms with Crippen molar-refractivity contribution in [2.45, 2.75) is 18.4 Å². The van der Waals surface area contributed by atoms with Gasteiger partial charge in [0.1, 0.15) is 5.82 Å². The summed E-state index contributed by atoms with van der Waals surface area (Å²) < 4.78 is 40.6. The summed E-state index contributed by atoms with van der Waals surface area (Å²) in [5.74, 6) is -0.989. The van der Waals surface area contributed by atoms with Crippen molar-refractivity contribution < 1.29 is 17.6 Å². The van der Waals surface area contributed by atoms with Gasteiger partial charge in [0.05, 0.1) is 11.4 Å². The fourth-order valence-corrected chi connectivity index (χ4v) is 4.22. The number of benzene rings is 3. The Hall–Kier alpha value is -3.03. The third-order valence-electron chi connectivity index (χ3n) is 4.39. The summed E-state index contributed by atoms with van der Waals surface area (Å²) >= 11 is 0. The number of aryl methyl sites for hydroxylation is 1. The number of nitrogens with one attached hydrogen (secondary N) is 1. The Labute approximate surface area is 169 Å². The molecule has 3 aromatic rings. The van der Waals surface area contributed by atoms with Crippen molar-refractivity contribution in [2.75, 3.05) is 11.9 Å². The highest BCUT2D eigenvalue weighted by molar-refractivity contribution is 7.89. The largest absolute Gasteiger partial charge is 0.325 e. The molecule has 0 saturated carbocycles. The first-order valence-electron chi connectivity index (χ1n) is 9.01. The Balaban J connectivity index is 1.87. The van der Waals surface area contributed by atoms with E-state index in [2.05, 4.69) is 5.32 Å². The van der Waals surface area contributed by atoms with Crippen molar-refractivity contribution in [1.29, 1.82) is 0 Å². The molecule has 0 aromatic heterocycles. The second-order valence-electron chi connectivity index (χ2n) is 6.58. The quantitative estimate of drug-likeness (QED) is 0.639. The molecule has 1 N–H and O–H groups in total. The zero-order chi connectivity index (χ0) is 20.9. The number of halogens is 1. The van der Waals surface area contributed by atoms with E-state index in [0.29, 0.717) is 5.69 Å². The van der Waals surface area contributed by atoms with E-state index in [0.717, 1.165) is 27.6 Å². The molecule has 0 unspecified atom stereocenters. The molecule has 0 heterocycles. The molecular weight excluding hydrogens is 391 g/mol. The van der Waals surface area contributed by atoms with Gasteiger partial charge in [-0.25, -0.2) is 12.8 Å². The first-order valence-corrected chi connectivity index (χ1v) is 10.5. The summed E-state index contributed by atoms with van der Waals surface area (Å²) in [6.07, 6.45) is 0. The van der Waals surface area contributed by atoms with Crippen LogP contribution in [0.4, 0.5) is 10.1 Å². The summed E-state index contributed by atoms with van der Waals surface area (Å²) in [5.41, 5.74) is 2.23. The maximum Gasteiger partial charge on any atom is 0.243 e. The van der Waals surface area contributed by atoms with Crippen LogP contribution in [0.25, 0.3) is 0 Å². The molecule has 150 valence electrons. The summed E-state index contributed by atoms with van der Waals surface area (Å²) in [7, 11) is -4.01. The molecule has 0 aliphatic rings. The highest BCUT2D eigenvalue weighted by atomic mass is 32.2. The Morgan fingerprint density at radius 1 is 0.931 bits per heavy atom. The second-order valence-corrected chi connectivity index (χ2v) is 8.51. The molecular formula is C22H21FN2O3S. The molecule has 0 saturated heterocycles. The van der Waals surface area contributed by atoms with E-state index in [-0.39, 0.29) is 18.0 Å². The summed E-state index contributed by atoms with van der Waals surface area (Å²) in [5, 5.41) is 2.75. The maximum atomic E-state index is 13.2. The third kappa shape index (κ3) is 5.28. The zero-order valence-electron chi connectivity index (χ0n) is 15.9. The number of hydrogen-bond acceptors (Lipinski definition) is 3. The van der Waals surface area contributed by atoms with Gasteiger partial charge >= 0.3 is 0 Å². The molecule has 0 fully saturated rings. The van der Waals surface area contributed by atoms with E-state index >= 15 is 0 Å². The van der Waals surface area contributed by atoms with E-state index in [1.54, 1.807) is 36.4 Å². The van der Waals surface area contributed by atoms with Crippen molar-refractivity contribution in [3.63, 3.8) is 0 Å². The van der Waals surface area contributed by atoms with Gasteiger partial charge in [-0.1, -0.05) is 48.5 Å². The van der Waals surface area contributed by atoms with E-state index in [1.165, 1.54) is 12.1 Å². The number of para-hydroxylation sites is 1. The van der Waals surface area contributed by atoms with Crippen molar-refractivity contribution in [3.8, 4) is 0 Å². The summed E-state index contributed by atoms with van der Waals surface area (Å²) in [6.45, 7) is 1.50. The lowest BCUT2D eigenvalue weighted by atomic mass is 10.2. The van der Waals surface area contributed by atoms with Crippen LogP contribution in [0, 0.1) is 12.7 Å². The lowest BCUT2D eigenvalue weighted by Crippen LogP contribution is -2.37. The Morgan fingerprint density at radius 3 is 2.21 bits per heavy atom. The first-order chi connectivity index (χ1) is 13.9. The van der Waals surface area contributed by atoms with Gasteiger partial charge in [-0.15, -0.1) is 0 Å². The zero-order valence-corrected chi connectivity index (χ0v) is 16.7. The molecule has 3 rings (SSSR count). The van der Waals surface area contributed by atoms with Crippen LogP contribution in [0.3, 0.4) is 0 Å². The predicted octanol–water partition coefficient (Wildman–Crippen LogP) is 3.96. The topological polar surface area (TPSA) is 66.5 Å². The Bertz CT molecular complexity index is 1080. The van der Waals surface area contributed by atoms with Gasteiger partial charge < -0.3 is 5.32 Å². The number of hydrogen-bond donors (Lipinski definition) is 1. The van der Waals surface area contributed by atoms with Crippen LogP contribution in [0.1, 0.15) is 11.1 Å². The van der Waals surface area contributed by atoms with Gasteiger partial charge in [0.25, 0.3) is 0 Å². The van der Waals surface area contributed by atoms with Crippen LogP contribution in [0.5, 0.6) is 0 Å². The third-order valence-corrected chi connectivity index (χ3v) is 6.20. The molecule has 29 heavy (non-hydrogen) atoms. The molecule has 0 aliphatic heterocycles. The van der Waals surface area contributed by atoms with Crippen LogP contribution < -0.4 is 5.32 Å². The lowest BCUT2D eigenvalue weighted by Gasteiger charge is -2.22. The molecule has 0 radical (unpaired) electrons. The average Bonchev–Trinajstić information content (AvgIpc) is 2.70. The van der Waals surface area contributed by atoms with Crippen molar-refractivity contribution in [1.82, 2.24) is 4.31 Å². The van der Waals surface area contributed by atoms with Crippen LogP contribution in [-0.4, -0.2) is 25.2 Å². The normalized spacial score (nSPS) is 11.4. The van der Waals surface area contributed by atoms with Crippen LogP contribution in [0.15, 0.2) is 83.8 Å². The van der Waals surface area contributed by atoms with Crippen LogP contribution in [-0.2, 0) is 21.4 Å². The molecule has 0 aliphatic carbocycles. The van der Waals surface area contributed by atoms with Gasteiger partial charge in [0.2, 0.25) is 15.9 Å². The van der Waals surface area contributed by atoms with Gasteiger partial charge in [-0.05, 0) is 48.4 Å². The predicted molar refractivity (Wildman–Crippen MR) is 110 cm³/mol. The molecule has 0 spiro atoms. The molecule has 7 heteroatoms. The fourth-order valence-electron chi connectivity index (χ4n) is 2.83. The SMILES string of the molecule is Cc1ccccc1NC(=O)CN(Cc1ccccc1)S(=O)(=O)c1ccc(F)cc1. The highest BCUT2D eigenvalue weighted by Gasteiger charge is 2.27. The maximum absolute atomic E-state index is 13.2. The minimum atomic E-state index is -4.01. The molecule has 0 atom stereocenters. The summed E-state index contributed by atoms with van der Waals surface area (Å²) in [6, 6.07) is 20.8. The highest BCUT2D eigenvalue weighted by Crippen LogP contribution is 2.20. The minimum absolute atomic E-state index is 0.0156.